The van der Waals surface area contributed by atoms with E-state index in [-0.39, 0.29) is 27.4 Å². The Labute approximate surface area is 215 Å². The second-order valence-electron chi connectivity index (χ2n) is 9.07. The largest absolute Gasteiger partial charge is 0.493 e. The molecule has 0 saturated carbocycles. The minimum Gasteiger partial charge on any atom is -0.493 e. The molecule has 0 spiro atoms. The van der Waals surface area contributed by atoms with Gasteiger partial charge in [-0.3, -0.25) is 0 Å². The van der Waals surface area contributed by atoms with Gasteiger partial charge in [-0.25, -0.2) is 28.5 Å². The molecule has 0 radical (unpaired) electrons. The molecular weight excluding hydrogens is 502 g/mol. The topological polar surface area (TPSA) is 120 Å². The molecule has 0 saturated heterocycles. The highest BCUT2D eigenvalue weighted by molar-refractivity contribution is 7.89. The Morgan fingerprint density at radius 3 is 2.19 bits per heavy atom. The number of hydrogen-bond donors (Lipinski definition) is 1. The maximum Gasteiger partial charge on any atom is 0.240 e. The van der Waals surface area contributed by atoms with E-state index in [9.17, 15) is 8.42 Å². The fraction of sp³-hybridized carbons (Fsp3) is 0.240. The summed E-state index contributed by atoms with van der Waals surface area (Å²) < 4.78 is 37.0. The average Bonchev–Trinajstić information content (AvgIpc) is 2.84. The van der Waals surface area contributed by atoms with Crippen molar-refractivity contribution in [2.24, 2.45) is 15.5 Å². The quantitative estimate of drug-likeness (QED) is 0.474. The third kappa shape index (κ3) is 5.06. The van der Waals surface area contributed by atoms with Crippen LogP contribution in [0.1, 0.15) is 26.6 Å². The molecule has 2 aromatic carbocycles. The molecule has 0 amide bonds. The summed E-state index contributed by atoms with van der Waals surface area (Å²) in [7, 11) is -2.57. The molecular formula is C25H26ClN5O4S. The number of hydrogen-bond acceptors (Lipinski definition) is 8. The third-order valence-corrected chi connectivity index (χ3v) is 6.68. The van der Waals surface area contributed by atoms with Gasteiger partial charge < -0.3 is 14.4 Å². The van der Waals surface area contributed by atoms with E-state index < -0.39 is 21.5 Å². The monoisotopic (exact) mass is 527 g/mol. The predicted molar refractivity (Wildman–Crippen MR) is 139 cm³/mol. The van der Waals surface area contributed by atoms with Gasteiger partial charge in [0, 0.05) is 12.4 Å². The average molecular weight is 528 g/mol. The molecule has 0 aliphatic carbocycles. The van der Waals surface area contributed by atoms with Crippen LogP contribution in [0.15, 0.2) is 87.8 Å². The van der Waals surface area contributed by atoms with Gasteiger partial charge in [-0.2, -0.15) is 0 Å². The van der Waals surface area contributed by atoms with E-state index in [0.717, 1.165) is 0 Å². The van der Waals surface area contributed by atoms with Crippen molar-refractivity contribution in [2.45, 2.75) is 31.7 Å². The Morgan fingerprint density at radius 1 is 0.972 bits per heavy atom. The summed E-state index contributed by atoms with van der Waals surface area (Å²) in [6, 6.07) is 14.6. The highest BCUT2D eigenvalue weighted by atomic mass is 35.5. The van der Waals surface area contributed by atoms with Crippen LogP contribution in [0.4, 0.5) is 5.69 Å². The first kappa shape index (κ1) is 25.6. The Morgan fingerprint density at radius 2 is 1.58 bits per heavy atom. The molecule has 2 heterocycles. The molecule has 188 valence electrons. The number of benzene rings is 2. The van der Waals surface area contributed by atoms with Crippen molar-refractivity contribution in [3.05, 3.63) is 83.7 Å². The van der Waals surface area contributed by atoms with Gasteiger partial charge in [0.2, 0.25) is 10.0 Å². The van der Waals surface area contributed by atoms with Crippen LogP contribution in [0.25, 0.3) is 0 Å². The maximum absolute atomic E-state index is 12.6. The van der Waals surface area contributed by atoms with Crippen molar-refractivity contribution in [3.8, 4) is 11.5 Å². The zero-order valence-electron chi connectivity index (χ0n) is 20.2. The summed E-state index contributed by atoms with van der Waals surface area (Å²) in [4.78, 5) is 14.9. The zero-order valence-corrected chi connectivity index (χ0v) is 21.8. The second kappa shape index (κ2) is 9.88. The number of methoxy groups -OCH3 is 1. The summed E-state index contributed by atoms with van der Waals surface area (Å²) >= 11 is 6.76. The molecule has 1 aliphatic rings. The molecule has 0 bridgehead atoms. The van der Waals surface area contributed by atoms with Crippen LogP contribution in [-0.2, 0) is 10.0 Å². The summed E-state index contributed by atoms with van der Waals surface area (Å²) in [5, 5.41) is 5.69. The Hall–Kier alpha value is -3.47. The summed E-state index contributed by atoms with van der Waals surface area (Å²) in [6.45, 7) is 5.94. The molecule has 36 heavy (non-hydrogen) atoms. The van der Waals surface area contributed by atoms with Crippen molar-refractivity contribution in [1.29, 1.82) is 0 Å². The predicted octanol–water partition coefficient (Wildman–Crippen LogP) is 4.30. The van der Waals surface area contributed by atoms with Crippen LogP contribution in [0.2, 0.25) is 0 Å². The number of nitrogens with zero attached hydrogens (tertiary/aromatic N) is 4. The van der Waals surface area contributed by atoms with E-state index in [1.807, 2.05) is 32.9 Å². The molecule has 1 atom stereocenters. The molecule has 0 fully saturated rings. The van der Waals surface area contributed by atoms with Crippen molar-refractivity contribution < 1.29 is 17.9 Å². The van der Waals surface area contributed by atoms with E-state index in [1.165, 1.54) is 13.2 Å². The lowest BCUT2D eigenvalue weighted by Gasteiger charge is -2.44. The number of rotatable bonds is 6. The molecule has 3 aromatic rings. The van der Waals surface area contributed by atoms with Crippen molar-refractivity contribution >= 4 is 33.1 Å². The van der Waals surface area contributed by atoms with Crippen molar-refractivity contribution in [1.82, 2.24) is 9.97 Å². The highest BCUT2D eigenvalue weighted by Crippen LogP contribution is 2.43. The Kier molecular flexibility index (Phi) is 7.03. The van der Waals surface area contributed by atoms with Gasteiger partial charge in [-0.1, -0.05) is 56.6 Å². The standard InChI is InChI=1S/C25H26ClN5O4S/c1-25(2,3)21-20(35-18-12-7-6-11-17(18)34-4)22(26)30-24(23-28-14-9-15-29-23)31(21)16-10-5-8-13-19(16)36(27,32)33/h5-15,21H,1-4H3,(H2,27,32,33)/t21-/m1/s1. The Balaban J connectivity index is 2.02. The third-order valence-electron chi connectivity index (χ3n) is 5.45. The molecule has 1 aliphatic heterocycles. The van der Waals surface area contributed by atoms with E-state index in [2.05, 4.69) is 15.0 Å². The molecule has 0 unspecified atom stereocenters. The van der Waals surface area contributed by atoms with Gasteiger partial charge >= 0.3 is 0 Å². The van der Waals surface area contributed by atoms with Crippen LogP contribution in [0.5, 0.6) is 11.5 Å². The lowest BCUT2D eigenvalue weighted by molar-refractivity contribution is 0.262. The van der Waals surface area contributed by atoms with Crippen LogP contribution in [0, 0.1) is 5.41 Å². The number of aromatic nitrogens is 2. The van der Waals surface area contributed by atoms with E-state index in [0.29, 0.717) is 17.3 Å². The van der Waals surface area contributed by atoms with Crippen LogP contribution >= 0.6 is 11.6 Å². The zero-order chi connectivity index (χ0) is 26.1. The number of ether oxygens (including phenoxy) is 2. The van der Waals surface area contributed by atoms with Crippen molar-refractivity contribution in [2.75, 3.05) is 12.0 Å². The van der Waals surface area contributed by atoms with E-state index in [4.69, 9.17) is 26.2 Å². The number of anilines is 1. The molecule has 4 rings (SSSR count). The number of halogens is 1. The fourth-order valence-electron chi connectivity index (χ4n) is 3.98. The molecule has 9 nitrogen and oxygen atoms in total. The minimum atomic E-state index is -4.11. The SMILES string of the molecule is COc1ccccc1OC1=C(Cl)N=C(c2ncccn2)N(c2ccccc2S(N)(=O)=O)[C@H]1C(C)(C)C. The summed E-state index contributed by atoms with van der Waals surface area (Å²) in [6.07, 6.45) is 3.14. The number of sulfonamides is 1. The number of amidine groups is 1. The van der Waals surface area contributed by atoms with E-state index in [1.54, 1.807) is 53.7 Å². The van der Waals surface area contributed by atoms with E-state index >= 15 is 0 Å². The Bertz CT molecular complexity index is 1440. The van der Waals surface area contributed by atoms with Gasteiger partial charge in [0.25, 0.3) is 0 Å². The number of aliphatic imine (C=N–C) groups is 1. The van der Waals surface area contributed by atoms with Gasteiger partial charge in [0.15, 0.2) is 34.1 Å². The lowest BCUT2D eigenvalue weighted by Crippen LogP contribution is -2.53. The first-order chi connectivity index (χ1) is 17.0. The van der Waals surface area contributed by atoms with Crippen molar-refractivity contribution in [3.63, 3.8) is 0 Å². The van der Waals surface area contributed by atoms with Crippen LogP contribution < -0.4 is 19.5 Å². The first-order valence-corrected chi connectivity index (χ1v) is 12.9. The lowest BCUT2D eigenvalue weighted by atomic mass is 9.83. The molecule has 2 N–H and O–H groups in total. The number of primary sulfonamides is 1. The van der Waals surface area contributed by atoms with Gasteiger partial charge in [0.1, 0.15) is 10.9 Å². The van der Waals surface area contributed by atoms with Crippen LogP contribution in [-0.4, -0.2) is 37.4 Å². The van der Waals surface area contributed by atoms with Gasteiger partial charge in [-0.05, 0) is 35.7 Å². The summed E-state index contributed by atoms with van der Waals surface area (Å²) in [5.41, 5.74) is -0.268. The first-order valence-electron chi connectivity index (χ1n) is 11.0. The highest BCUT2D eigenvalue weighted by Gasteiger charge is 2.44. The van der Waals surface area contributed by atoms with Gasteiger partial charge in [-0.15, -0.1) is 0 Å². The second-order valence-corrected chi connectivity index (χ2v) is 11.0. The smallest absolute Gasteiger partial charge is 0.240 e. The van der Waals surface area contributed by atoms with Gasteiger partial charge in [0.05, 0.1) is 12.8 Å². The number of nitrogens with two attached hydrogens (primary N) is 1. The molecule has 11 heteroatoms. The fourth-order valence-corrected chi connectivity index (χ4v) is 4.92. The van der Waals surface area contributed by atoms with Crippen LogP contribution in [0.3, 0.4) is 0 Å². The molecule has 1 aromatic heterocycles. The minimum absolute atomic E-state index is 0.0765. The summed E-state index contributed by atoms with van der Waals surface area (Å²) in [5.74, 6) is 1.74. The maximum atomic E-state index is 12.6. The normalized spacial score (nSPS) is 16.6. The number of para-hydroxylation sites is 3.